The predicted octanol–water partition coefficient (Wildman–Crippen LogP) is 28.5. The van der Waals surface area contributed by atoms with E-state index in [1.165, 1.54) is 35.8 Å². The van der Waals surface area contributed by atoms with Crippen molar-refractivity contribution in [3.63, 3.8) is 0 Å². The Labute approximate surface area is 848 Å². The van der Waals surface area contributed by atoms with E-state index >= 15 is 0 Å². The number of piperidine rings is 5. The van der Waals surface area contributed by atoms with Crippen LogP contribution in [0.1, 0.15) is 223 Å². The molecule has 0 bridgehead atoms. The van der Waals surface area contributed by atoms with Crippen LogP contribution in [0.3, 0.4) is 0 Å². The van der Waals surface area contributed by atoms with Crippen LogP contribution in [0.4, 0.5) is 9.59 Å². The molecule has 7 heterocycles. The summed E-state index contributed by atoms with van der Waals surface area (Å²) in [5.74, 6) is 1.40. The van der Waals surface area contributed by atoms with Gasteiger partial charge in [0.05, 0.1) is 0 Å². The van der Waals surface area contributed by atoms with E-state index in [1.807, 2.05) is 255 Å². The smallest absolute Gasteiger partial charge is 0.415 e. The summed E-state index contributed by atoms with van der Waals surface area (Å²) in [7, 11) is 0. The van der Waals surface area contributed by atoms with Gasteiger partial charge in [0.2, 0.25) is 5.91 Å². The third-order valence-corrected chi connectivity index (χ3v) is 29.3. The largest absolute Gasteiger partial charge is 0.445 e. The molecule has 7 fully saturated rings. The summed E-state index contributed by atoms with van der Waals surface area (Å²) in [5.41, 5.74) is 9.05. The molecular weight excluding hydrogens is 1760 g/mol. The molecule has 142 heavy (non-hydrogen) atoms. The van der Waals surface area contributed by atoms with Crippen molar-refractivity contribution in [3.8, 4) is 16.9 Å². The number of hydrogen-bond donors (Lipinski definition) is 0. The maximum absolute atomic E-state index is 13.0. The van der Waals surface area contributed by atoms with Gasteiger partial charge >= 0.3 is 12.2 Å². The number of rotatable bonds is 24. The van der Waals surface area contributed by atoms with Crippen LogP contribution in [0.2, 0.25) is 0 Å². The van der Waals surface area contributed by atoms with Crippen LogP contribution in [0, 0.1) is 37.9 Å². The van der Waals surface area contributed by atoms with Crippen LogP contribution < -0.4 is 4.74 Å². The molecule has 7 aliphatic rings. The molecule has 7 saturated heterocycles. The van der Waals surface area contributed by atoms with E-state index < -0.39 is 0 Å². The fourth-order valence-electron chi connectivity index (χ4n) is 21.5. The summed E-state index contributed by atoms with van der Waals surface area (Å²) in [6.07, 6.45) is 34.3. The summed E-state index contributed by atoms with van der Waals surface area (Å²) in [6, 6.07) is 85.5. The number of para-hydroxylation sites is 1. The Morgan fingerprint density at radius 3 is 1.14 bits per heavy atom. The molecule has 0 spiro atoms. The van der Waals surface area contributed by atoms with Crippen LogP contribution in [-0.2, 0) is 22.6 Å². The molecule has 10 aromatic carbocycles. The normalized spacial score (nSPS) is 22.2. The van der Waals surface area contributed by atoms with E-state index in [0.29, 0.717) is 12.4 Å². The van der Waals surface area contributed by atoms with Gasteiger partial charge in [-0.05, 0) is 265 Å². The van der Waals surface area contributed by atoms with Crippen molar-refractivity contribution < 1.29 is 43.0 Å². The number of hydrogen-bond acceptors (Lipinski definition) is 9. The second-order valence-electron chi connectivity index (χ2n) is 42.3. The zero-order valence-electron chi connectivity index (χ0n) is 85.9. The zero-order chi connectivity index (χ0) is 102. The van der Waals surface area contributed by atoms with Crippen LogP contribution in [-0.4, -0.2) is 168 Å². The number of allylic oxidation sites excluding steroid dienone is 7. The van der Waals surface area contributed by atoms with E-state index in [0.717, 1.165) is 250 Å². The number of carbonyl (C=O) groups excluding carboxylic acids is 7. The van der Waals surface area contributed by atoms with Gasteiger partial charge in [-0.25, -0.2) is 9.59 Å². The highest BCUT2D eigenvalue weighted by molar-refractivity contribution is 6.07. The van der Waals surface area contributed by atoms with Crippen molar-refractivity contribution in [1.82, 2.24) is 34.3 Å². The van der Waals surface area contributed by atoms with E-state index in [9.17, 15) is 33.6 Å². The fraction of sp³-hybridized carbons (Fsp3) is 0.389. The average molecular weight is 1910 g/mol. The lowest BCUT2D eigenvalue weighted by molar-refractivity contribution is -0.132. The molecule has 16 nitrogen and oxygen atoms in total. The Morgan fingerprint density at radius 1 is 0.296 bits per heavy atom. The molecule has 0 radical (unpaired) electrons. The lowest BCUT2D eigenvalue weighted by Gasteiger charge is -2.42. The minimum absolute atomic E-state index is 0.135. The molecule has 7 aliphatic heterocycles. The number of ether oxygens (including phenoxy) is 2. The highest BCUT2D eigenvalue weighted by atomic mass is 16.6. The van der Waals surface area contributed by atoms with Gasteiger partial charge in [-0.2, -0.15) is 0 Å². The zero-order valence-corrected chi connectivity index (χ0v) is 85.9. The molecule has 0 aliphatic carbocycles. The van der Waals surface area contributed by atoms with Gasteiger partial charge in [0.15, 0.2) is 0 Å². The third kappa shape index (κ3) is 32.2. The third-order valence-electron chi connectivity index (χ3n) is 29.3. The van der Waals surface area contributed by atoms with Crippen LogP contribution >= 0.6 is 0 Å². The number of benzene rings is 10. The van der Waals surface area contributed by atoms with Crippen molar-refractivity contribution in [3.05, 3.63) is 383 Å². The van der Waals surface area contributed by atoms with Crippen molar-refractivity contribution in [2.75, 3.05) is 91.6 Å². The highest BCUT2D eigenvalue weighted by Crippen LogP contribution is 2.42. The molecular formula is C126H155N7O9. The van der Waals surface area contributed by atoms with Crippen LogP contribution in [0.15, 0.2) is 349 Å². The summed E-state index contributed by atoms with van der Waals surface area (Å²) in [5, 5.41) is 4.47. The molecule has 0 saturated carbocycles. The van der Waals surface area contributed by atoms with Crippen molar-refractivity contribution >= 4 is 63.3 Å². The Kier molecular flexibility index (Phi) is 40.8. The van der Waals surface area contributed by atoms with E-state index in [1.54, 1.807) is 28.9 Å². The Balaban J connectivity index is 0.000000159. The average Bonchev–Trinajstić information content (AvgIpc) is 1.04. The molecule has 7 atom stereocenters. The standard InChI is InChI=1S/C22H25NO.2C20H23NO.C17H23NO.2C16H21NO2.C15H19NO/c1-3-14-22(2)15-7-16-23(17-22)21(24)20-12-10-19(11-13-20)18-8-5-4-6-9-18;1-3-12-20(2)13-7-14-21(15-20)19(22)18-11-6-9-16-8-4-5-10-17(16)18;1-3-11-20(2)12-6-13-21(15-20)19(22)18-10-9-16-7-4-5-8-17(16)14-18;1-3-10-17(13-16-8-5-4-6-9-16)11-7-12-18(14-17)15(2)19;1-3-10-16(2)11-7-12-17(13-16)15(18)19-14-8-5-4-6-9-14;1-3-9-16(2)10-11-17(13-16)15(18)19-12-14-7-5-4-6-8-14;1-3-9-15(2)10-11-16(12-15)14(17)13-7-5-4-6-8-13/h3-6,8-13H,1,7,14-17H2,2H3;3-6,8-11H,1,7,12-15H2,2H3;3-5,7-10,14H,1,6,11-13,15H2,2H3;3-6,8-9H,1,7,10-14H2,2H3;3-6,8-9H,1,7,10-13H2,2H3;3-8H,1,9-13H2,2H3;3-8H,1,9-12H2,2H3/t22-;2*20-;17-;2*16-;15-/m1111111/s1. The number of amides is 7. The van der Waals surface area contributed by atoms with E-state index in [-0.39, 0.29) is 79.6 Å². The van der Waals surface area contributed by atoms with Gasteiger partial charge in [-0.15, -0.1) is 46.1 Å². The number of nitrogens with zero attached hydrogens (tertiary/aromatic N) is 7. The predicted molar refractivity (Wildman–Crippen MR) is 585 cm³/mol. The summed E-state index contributed by atoms with van der Waals surface area (Å²) >= 11 is 0. The van der Waals surface area contributed by atoms with Gasteiger partial charge in [-0.3, -0.25) is 24.0 Å². The lowest BCUT2D eigenvalue weighted by atomic mass is 9.72. The van der Waals surface area contributed by atoms with E-state index in [2.05, 4.69) is 148 Å². The molecule has 10 aromatic rings. The second kappa shape index (κ2) is 53.0. The van der Waals surface area contributed by atoms with Crippen molar-refractivity contribution in [2.45, 2.75) is 183 Å². The molecule has 0 aromatic heterocycles. The fourth-order valence-corrected chi connectivity index (χ4v) is 21.5. The first-order valence-electron chi connectivity index (χ1n) is 51.3. The Bertz CT molecular complexity index is 5820. The second-order valence-corrected chi connectivity index (χ2v) is 42.3. The maximum atomic E-state index is 13.0. The van der Waals surface area contributed by atoms with Gasteiger partial charge in [0, 0.05) is 121 Å². The molecule has 0 unspecified atom stereocenters. The Morgan fingerprint density at radius 2 is 0.648 bits per heavy atom. The van der Waals surface area contributed by atoms with Crippen molar-refractivity contribution in [1.29, 1.82) is 0 Å². The van der Waals surface area contributed by atoms with E-state index in [4.69, 9.17) is 9.47 Å². The number of carbonyl (C=O) groups is 7. The first-order valence-corrected chi connectivity index (χ1v) is 51.3. The van der Waals surface area contributed by atoms with Gasteiger partial charge in [0.1, 0.15) is 12.4 Å². The lowest BCUT2D eigenvalue weighted by Crippen LogP contribution is -2.46. The maximum Gasteiger partial charge on any atom is 0.415 e. The molecule has 748 valence electrons. The molecule has 17 rings (SSSR count). The quantitative estimate of drug-likeness (QED) is 0.0536. The first kappa shape index (κ1) is 109. The van der Waals surface area contributed by atoms with Crippen molar-refractivity contribution in [2.24, 2.45) is 37.9 Å². The summed E-state index contributed by atoms with van der Waals surface area (Å²) in [6.45, 7) is 53.8. The highest BCUT2D eigenvalue weighted by Gasteiger charge is 2.41. The number of fused-ring (bicyclic) bond motifs is 2. The topological polar surface area (TPSA) is 161 Å². The summed E-state index contributed by atoms with van der Waals surface area (Å²) in [4.78, 5) is 100. The monoisotopic (exact) mass is 1910 g/mol. The Hall–Kier alpha value is -13.2. The molecule has 7 amide bonds. The van der Waals surface area contributed by atoms with Crippen LogP contribution in [0.25, 0.3) is 32.7 Å². The SMILES string of the molecule is C=CC[C@]1(C)CCCN(C(=O)Oc2ccccc2)C1.C=CC[C@]1(C)CCCN(C(=O)c2ccc(-c3ccccc3)cc2)C1.C=CC[C@]1(C)CCCN(C(=O)c2ccc3ccccc3c2)C1.C=CC[C@]1(C)CCCN(C(=O)c2cccc3ccccc23)C1.C=CC[C@]1(C)CCN(C(=O)OCc2ccccc2)C1.C=CC[C@]1(C)CCN(C(=O)c2ccccc2)C1.C=CC[C@]1(Cc2ccccc2)CCCN(C(C)=O)C1. The van der Waals surface area contributed by atoms with Gasteiger partial charge in [-0.1, -0.05) is 290 Å². The minimum atomic E-state index is -0.249. The first-order chi connectivity index (χ1) is 68.4. The summed E-state index contributed by atoms with van der Waals surface area (Å²) < 4.78 is 10.7. The van der Waals surface area contributed by atoms with Gasteiger partial charge < -0.3 is 43.8 Å². The molecule has 16 heteroatoms. The van der Waals surface area contributed by atoms with Gasteiger partial charge in [0.25, 0.3) is 23.6 Å². The van der Waals surface area contributed by atoms with Crippen LogP contribution in [0.5, 0.6) is 5.75 Å². The minimum Gasteiger partial charge on any atom is -0.445 e. The number of likely N-dealkylation sites (tertiary alicyclic amines) is 7. The molecule has 0 N–H and O–H groups in total.